The van der Waals surface area contributed by atoms with Gasteiger partial charge in [-0.3, -0.25) is 4.79 Å². The fourth-order valence-corrected chi connectivity index (χ4v) is 10.0. The van der Waals surface area contributed by atoms with E-state index >= 15 is 0 Å². The standard InChI is InChI=1S/C59H111NO13/c1-3-5-7-9-11-13-15-16-17-18-19-20-21-22-23-24-25-26-27-28-29-30-31-33-35-37-39-41-43-51(64)60-47(48(63)42-40-38-36-34-32-14-12-10-8-6-4-2)46-70-58-56(69)54(67)57(50(45-62)72-58)73-59-55(68)53(66)52(65)49(44-61)71-59/h32,34,40,42,47-50,52-59,61-63,65-69H,3-31,33,35-39,41,43-46H2,1-2H3,(H,60,64)/b34-32+,42-40+. The van der Waals surface area contributed by atoms with Crippen LogP contribution >= 0.6 is 0 Å². The molecule has 0 bridgehead atoms. The number of carbonyl (C=O) groups is 1. The Kier molecular flexibility index (Phi) is 42.1. The molecule has 2 heterocycles. The second-order valence-electron chi connectivity index (χ2n) is 21.5. The van der Waals surface area contributed by atoms with Crippen LogP contribution in [0.5, 0.6) is 0 Å². The van der Waals surface area contributed by atoms with E-state index < -0.39 is 86.8 Å². The summed E-state index contributed by atoms with van der Waals surface area (Å²) in [7, 11) is 0. The molecule has 430 valence electrons. The lowest BCUT2D eigenvalue weighted by molar-refractivity contribution is -0.359. The molecule has 14 nitrogen and oxygen atoms in total. The van der Waals surface area contributed by atoms with E-state index in [4.69, 9.17) is 18.9 Å². The third-order valence-electron chi connectivity index (χ3n) is 14.9. The summed E-state index contributed by atoms with van der Waals surface area (Å²) < 4.78 is 22.7. The topological polar surface area (TPSA) is 228 Å². The Morgan fingerprint density at radius 3 is 1.34 bits per heavy atom. The van der Waals surface area contributed by atoms with Crippen molar-refractivity contribution in [2.45, 2.75) is 325 Å². The number of hydrogen-bond donors (Lipinski definition) is 9. The molecule has 0 aromatic heterocycles. The highest BCUT2D eigenvalue weighted by molar-refractivity contribution is 5.76. The number of allylic oxidation sites excluding steroid dienone is 3. The minimum atomic E-state index is -1.79. The highest BCUT2D eigenvalue weighted by Gasteiger charge is 2.51. The van der Waals surface area contributed by atoms with Gasteiger partial charge in [0.2, 0.25) is 5.91 Å². The van der Waals surface area contributed by atoms with E-state index in [0.717, 1.165) is 32.1 Å². The molecule has 2 rings (SSSR count). The maximum absolute atomic E-state index is 13.2. The monoisotopic (exact) mass is 1040 g/mol. The van der Waals surface area contributed by atoms with Gasteiger partial charge in [-0.1, -0.05) is 237 Å². The molecule has 0 spiro atoms. The smallest absolute Gasteiger partial charge is 0.220 e. The van der Waals surface area contributed by atoms with Crippen LogP contribution in [0.2, 0.25) is 0 Å². The molecule has 9 N–H and O–H groups in total. The number of amides is 1. The molecule has 2 saturated heterocycles. The van der Waals surface area contributed by atoms with Gasteiger partial charge in [-0.2, -0.15) is 0 Å². The largest absolute Gasteiger partial charge is 0.394 e. The zero-order chi connectivity index (χ0) is 53.2. The van der Waals surface area contributed by atoms with Crippen LogP contribution in [0.4, 0.5) is 0 Å². The number of ether oxygens (including phenoxy) is 4. The summed E-state index contributed by atoms with van der Waals surface area (Å²) in [6.45, 7) is 2.77. The minimum Gasteiger partial charge on any atom is -0.394 e. The highest BCUT2D eigenvalue weighted by Crippen LogP contribution is 2.30. The van der Waals surface area contributed by atoms with E-state index in [1.807, 2.05) is 6.08 Å². The third kappa shape index (κ3) is 31.5. The van der Waals surface area contributed by atoms with Gasteiger partial charge in [0.25, 0.3) is 0 Å². The van der Waals surface area contributed by atoms with Crippen LogP contribution in [-0.4, -0.2) is 140 Å². The summed E-state index contributed by atoms with van der Waals surface area (Å²) in [5.41, 5.74) is 0. The first-order valence-electron chi connectivity index (χ1n) is 30.1. The van der Waals surface area contributed by atoms with Crippen molar-refractivity contribution in [3.05, 3.63) is 24.3 Å². The van der Waals surface area contributed by atoms with Crippen molar-refractivity contribution in [1.29, 1.82) is 0 Å². The summed E-state index contributed by atoms with van der Waals surface area (Å²) in [6, 6.07) is -0.926. The molecule has 12 atom stereocenters. The van der Waals surface area contributed by atoms with E-state index in [1.54, 1.807) is 6.08 Å². The number of carbonyl (C=O) groups excluding carboxylic acids is 1. The normalized spacial score (nSPS) is 25.5. The Morgan fingerprint density at radius 1 is 0.479 bits per heavy atom. The first kappa shape index (κ1) is 67.6. The van der Waals surface area contributed by atoms with Gasteiger partial charge in [0, 0.05) is 6.42 Å². The minimum absolute atomic E-state index is 0.246. The first-order valence-corrected chi connectivity index (χ1v) is 30.1. The summed E-state index contributed by atoms with van der Waals surface area (Å²) in [5, 5.41) is 86.8. The van der Waals surface area contributed by atoms with E-state index in [1.165, 1.54) is 186 Å². The molecule has 14 heteroatoms. The summed E-state index contributed by atoms with van der Waals surface area (Å²) in [5.74, 6) is -0.246. The van der Waals surface area contributed by atoms with Gasteiger partial charge in [-0.25, -0.2) is 0 Å². The van der Waals surface area contributed by atoms with Gasteiger partial charge in [0.1, 0.15) is 48.8 Å². The Balaban J connectivity index is 1.66. The summed E-state index contributed by atoms with van der Waals surface area (Å²) in [4.78, 5) is 13.2. The molecular formula is C59H111NO13. The van der Waals surface area contributed by atoms with E-state index in [-0.39, 0.29) is 18.9 Å². The van der Waals surface area contributed by atoms with Crippen LogP contribution in [0.1, 0.15) is 251 Å². The van der Waals surface area contributed by atoms with Gasteiger partial charge in [0.05, 0.1) is 32.0 Å². The van der Waals surface area contributed by atoms with Crippen molar-refractivity contribution in [3.63, 3.8) is 0 Å². The molecule has 0 aromatic rings. The summed E-state index contributed by atoms with van der Waals surface area (Å²) in [6.07, 6.45) is 36.8. The van der Waals surface area contributed by atoms with Crippen molar-refractivity contribution in [2.24, 2.45) is 0 Å². The third-order valence-corrected chi connectivity index (χ3v) is 14.9. The summed E-state index contributed by atoms with van der Waals surface area (Å²) >= 11 is 0. The number of aliphatic hydroxyl groups excluding tert-OH is 8. The predicted octanol–water partition coefficient (Wildman–Crippen LogP) is 10.1. The van der Waals surface area contributed by atoms with Crippen molar-refractivity contribution in [3.8, 4) is 0 Å². The molecule has 0 radical (unpaired) electrons. The predicted molar refractivity (Wildman–Crippen MR) is 291 cm³/mol. The SMILES string of the molecule is CCCCCCC/C=C/CC/C=C/C(O)C(COC1OC(CO)C(OC2OC(CO)C(O)C(O)C2O)C(O)C1O)NC(=O)CCCCCCCCCCCCCCCCCCCCCCCCCCCCCC. The maximum Gasteiger partial charge on any atom is 0.220 e. The lowest BCUT2D eigenvalue weighted by Crippen LogP contribution is -2.65. The molecule has 0 aliphatic carbocycles. The number of nitrogens with one attached hydrogen (secondary N) is 1. The Labute approximate surface area is 443 Å². The highest BCUT2D eigenvalue weighted by atomic mass is 16.7. The Hall–Kier alpha value is -1.53. The molecule has 2 fully saturated rings. The number of aliphatic hydroxyl groups is 8. The van der Waals surface area contributed by atoms with Crippen LogP contribution in [0.3, 0.4) is 0 Å². The Bertz CT molecular complexity index is 1320. The Morgan fingerprint density at radius 2 is 0.877 bits per heavy atom. The average molecular weight is 1040 g/mol. The first-order chi connectivity index (χ1) is 35.6. The van der Waals surface area contributed by atoms with Gasteiger partial charge in [-0.15, -0.1) is 0 Å². The fraction of sp³-hybridized carbons (Fsp3) is 0.915. The van der Waals surface area contributed by atoms with Gasteiger partial charge in [0.15, 0.2) is 12.6 Å². The quantitative estimate of drug-likeness (QED) is 0.0204. The second-order valence-corrected chi connectivity index (χ2v) is 21.5. The molecule has 12 unspecified atom stereocenters. The van der Waals surface area contributed by atoms with E-state index in [2.05, 4.69) is 31.3 Å². The van der Waals surface area contributed by atoms with Gasteiger partial charge in [-0.05, 0) is 32.1 Å². The van der Waals surface area contributed by atoms with Crippen LogP contribution in [0, 0.1) is 0 Å². The van der Waals surface area contributed by atoms with Crippen LogP contribution in [-0.2, 0) is 23.7 Å². The zero-order valence-electron chi connectivity index (χ0n) is 46.1. The molecule has 0 aromatic carbocycles. The molecule has 2 aliphatic rings. The second kappa shape index (κ2) is 45.5. The van der Waals surface area contributed by atoms with Crippen LogP contribution in [0.15, 0.2) is 24.3 Å². The molecule has 1 amide bonds. The van der Waals surface area contributed by atoms with Crippen molar-refractivity contribution in [1.82, 2.24) is 5.32 Å². The lowest BCUT2D eigenvalue weighted by Gasteiger charge is -2.46. The zero-order valence-corrected chi connectivity index (χ0v) is 46.1. The number of hydrogen-bond acceptors (Lipinski definition) is 13. The van der Waals surface area contributed by atoms with Crippen LogP contribution < -0.4 is 5.32 Å². The molecular weight excluding hydrogens is 931 g/mol. The molecule has 73 heavy (non-hydrogen) atoms. The van der Waals surface area contributed by atoms with Crippen molar-refractivity contribution < 1.29 is 64.6 Å². The molecule has 2 aliphatic heterocycles. The lowest BCUT2D eigenvalue weighted by atomic mass is 9.97. The van der Waals surface area contributed by atoms with E-state index in [0.29, 0.717) is 12.8 Å². The molecule has 0 saturated carbocycles. The maximum atomic E-state index is 13.2. The van der Waals surface area contributed by atoms with Crippen molar-refractivity contribution in [2.75, 3.05) is 19.8 Å². The number of unbranched alkanes of at least 4 members (excludes halogenated alkanes) is 33. The van der Waals surface area contributed by atoms with Gasteiger partial charge < -0.3 is 65.1 Å². The van der Waals surface area contributed by atoms with Crippen LogP contribution in [0.25, 0.3) is 0 Å². The fourth-order valence-electron chi connectivity index (χ4n) is 10.0. The van der Waals surface area contributed by atoms with Crippen molar-refractivity contribution >= 4 is 5.91 Å². The van der Waals surface area contributed by atoms with E-state index in [9.17, 15) is 45.6 Å². The van der Waals surface area contributed by atoms with Gasteiger partial charge >= 0.3 is 0 Å². The number of rotatable bonds is 48. The average Bonchev–Trinajstić information content (AvgIpc) is 3.39.